The monoisotopic (exact) mass is 498 g/mol. The highest BCUT2D eigenvalue weighted by molar-refractivity contribution is 14.0. The lowest BCUT2D eigenvalue weighted by atomic mass is 10.2. The average Bonchev–Trinajstić information content (AvgIpc) is 2.68. The molecule has 0 bridgehead atoms. The van der Waals surface area contributed by atoms with Gasteiger partial charge in [-0.1, -0.05) is 42.5 Å². The second-order valence-electron chi connectivity index (χ2n) is 6.23. The number of carbonyl (C=O) groups excluding carboxylic acids is 1. The molecule has 0 saturated carbocycles. The minimum absolute atomic E-state index is 0. The molecule has 0 saturated heterocycles. The minimum atomic E-state index is -0.258. The Morgan fingerprint density at radius 3 is 2.36 bits per heavy atom. The van der Waals surface area contributed by atoms with Crippen LogP contribution < -0.4 is 10.6 Å². The summed E-state index contributed by atoms with van der Waals surface area (Å²) in [6.07, 6.45) is 0.379. The Kier molecular flexibility index (Phi) is 11.2. The molecule has 2 aromatic rings. The second kappa shape index (κ2) is 13.1. The van der Waals surface area contributed by atoms with E-state index >= 15 is 0 Å². The first-order chi connectivity index (χ1) is 13.1. The number of guanidine groups is 1. The molecule has 0 heterocycles. The number of rotatable bonds is 8. The number of aliphatic imine (C=N–C) groups is 1. The third-order valence-electron chi connectivity index (χ3n) is 4.00. The van der Waals surface area contributed by atoms with Crippen LogP contribution in [-0.2, 0) is 17.9 Å². The molecule has 0 aliphatic rings. The highest BCUT2D eigenvalue weighted by Gasteiger charge is 2.09. The molecular formula is C21H28FIN4O. The Balaban J connectivity index is 0.00000392. The van der Waals surface area contributed by atoms with Crippen molar-refractivity contribution in [3.05, 3.63) is 71.5 Å². The molecule has 152 valence electrons. The molecule has 0 aromatic heterocycles. The normalized spacial score (nSPS) is 10.8. The fourth-order valence-corrected chi connectivity index (χ4v) is 2.53. The summed E-state index contributed by atoms with van der Waals surface area (Å²) in [6, 6.07) is 16.2. The number of hydrogen-bond donors (Lipinski definition) is 2. The third-order valence-corrected chi connectivity index (χ3v) is 4.00. The van der Waals surface area contributed by atoms with Crippen molar-refractivity contribution in [2.75, 3.05) is 20.1 Å². The molecule has 2 rings (SSSR count). The lowest BCUT2D eigenvalue weighted by Gasteiger charge is -2.18. The van der Waals surface area contributed by atoms with Crippen molar-refractivity contribution < 1.29 is 9.18 Å². The number of halogens is 2. The SMILES string of the molecule is CCNC(=NCc1ccc(F)cc1)NCCC(=O)N(C)Cc1ccccc1.I. The van der Waals surface area contributed by atoms with Crippen LogP contribution in [-0.4, -0.2) is 36.9 Å². The van der Waals surface area contributed by atoms with E-state index in [1.807, 2.05) is 44.3 Å². The lowest BCUT2D eigenvalue weighted by molar-refractivity contribution is -0.130. The molecule has 0 aliphatic heterocycles. The molecule has 0 radical (unpaired) electrons. The minimum Gasteiger partial charge on any atom is -0.357 e. The van der Waals surface area contributed by atoms with Gasteiger partial charge >= 0.3 is 0 Å². The van der Waals surface area contributed by atoms with E-state index in [1.165, 1.54) is 12.1 Å². The first-order valence-corrected chi connectivity index (χ1v) is 9.13. The molecular weight excluding hydrogens is 470 g/mol. The molecule has 0 atom stereocenters. The number of benzene rings is 2. The first-order valence-electron chi connectivity index (χ1n) is 9.13. The van der Waals surface area contributed by atoms with Gasteiger partial charge in [-0.15, -0.1) is 24.0 Å². The van der Waals surface area contributed by atoms with E-state index in [1.54, 1.807) is 17.0 Å². The van der Waals surface area contributed by atoms with Crippen LogP contribution >= 0.6 is 24.0 Å². The number of carbonyl (C=O) groups is 1. The van der Waals surface area contributed by atoms with E-state index in [4.69, 9.17) is 0 Å². The van der Waals surface area contributed by atoms with Crippen molar-refractivity contribution in [3.8, 4) is 0 Å². The van der Waals surface area contributed by atoms with Gasteiger partial charge in [0.05, 0.1) is 6.54 Å². The number of amides is 1. The van der Waals surface area contributed by atoms with Crippen LogP contribution in [0.3, 0.4) is 0 Å². The summed E-state index contributed by atoms with van der Waals surface area (Å²) in [5.41, 5.74) is 2.03. The smallest absolute Gasteiger partial charge is 0.224 e. The molecule has 7 heteroatoms. The van der Waals surface area contributed by atoms with E-state index in [2.05, 4.69) is 15.6 Å². The number of nitrogens with one attached hydrogen (secondary N) is 2. The van der Waals surface area contributed by atoms with Crippen LogP contribution in [0, 0.1) is 5.82 Å². The van der Waals surface area contributed by atoms with Crippen molar-refractivity contribution in [2.45, 2.75) is 26.4 Å². The zero-order valence-electron chi connectivity index (χ0n) is 16.3. The maximum absolute atomic E-state index is 13.0. The molecule has 5 nitrogen and oxygen atoms in total. The molecule has 28 heavy (non-hydrogen) atoms. The van der Waals surface area contributed by atoms with Gasteiger partial charge in [0.25, 0.3) is 0 Å². The molecule has 0 aliphatic carbocycles. The quantitative estimate of drug-likeness (QED) is 0.333. The number of hydrogen-bond acceptors (Lipinski definition) is 2. The lowest BCUT2D eigenvalue weighted by Crippen LogP contribution is -2.39. The van der Waals surface area contributed by atoms with Gasteiger partial charge < -0.3 is 15.5 Å². The van der Waals surface area contributed by atoms with Gasteiger partial charge in [0.15, 0.2) is 5.96 Å². The Morgan fingerprint density at radius 2 is 1.71 bits per heavy atom. The Bertz CT molecular complexity index is 738. The molecule has 0 unspecified atom stereocenters. The van der Waals surface area contributed by atoms with Crippen LogP contribution in [0.2, 0.25) is 0 Å². The van der Waals surface area contributed by atoms with E-state index in [9.17, 15) is 9.18 Å². The predicted octanol–water partition coefficient (Wildman–Crippen LogP) is 3.55. The van der Waals surface area contributed by atoms with Gasteiger partial charge in [-0.05, 0) is 30.2 Å². The van der Waals surface area contributed by atoms with Crippen molar-refractivity contribution >= 4 is 35.8 Å². The summed E-state index contributed by atoms with van der Waals surface area (Å²) in [5.74, 6) is 0.451. The zero-order valence-corrected chi connectivity index (χ0v) is 18.7. The number of nitrogens with zero attached hydrogens (tertiary/aromatic N) is 2. The largest absolute Gasteiger partial charge is 0.357 e. The van der Waals surface area contributed by atoms with Gasteiger partial charge in [0.1, 0.15) is 5.82 Å². The fourth-order valence-electron chi connectivity index (χ4n) is 2.53. The topological polar surface area (TPSA) is 56.7 Å². The maximum Gasteiger partial charge on any atom is 0.224 e. The summed E-state index contributed by atoms with van der Waals surface area (Å²) in [5, 5.41) is 6.32. The molecule has 1 amide bonds. The average molecular weight is 498 g/mol. The summed E-state index contributed by atoms with van der Waals surface area (Å²) in [6.45, 7) is 4.23. The van der Waals surface area contributed by atoms with Gasteiger partial charge in [0, 0.05) is 33.1 Å². The van der Waals surface area contributed by atoms with Gasteiger partial charge in [0.2, 0.25) is 5.91 Å². The molecule has 0 fully saturated rings. The summed E-state index contributed by atoms with van der Waals surface area (Å²) < 4.78 is 13.0. The summed E-state index contributed by atoms with van der Waals surface area (Å²) in [7, 11) is 1.81. The Morgan fingerprint density at radius 1 is 1.04 bits per heavy atom. The van der Waals surface area contributed by atoms with Crippen LogP contribution in [0.15, 0.2) is 59.6 Å². The van der Waals surface area contributed by atoms with Crippen molar-refractivity contribution in [1.29, 1.82) is 0 Å². The van der Waals surface area contributed by atoms with E-state index in [0.717, 1.165) is 17.7 Å². The predicted molar refractivity (Wildman–Crippen MR) is 122 cm³/mol. The first kappa shape index (κ1) is 23.9. The standard InChI is InChI=1S/C21H27FN4O.HI/c1-3-23-21(25-15-17-9-11-19(22)12-10-17)24-14-13-20(27)26(2)16-18-7-5-4-6-8-18;/h4-12H,3,13-16H2,1-2H3,(H2,23,24,25);1H. The zero-order chi connectivity index (χ0) is 19.5. The van der Waals surface area contributed by atoms with Crippen LogP contribution in [0.4, 0.5) is 4.39 Å². The van der Waals surface area contributed by atoms with Gasteiger partial charge in [-0.25, -0.2) is 9.38 Å². The Hall–Kier alpha value is -2.16. The van der Waals surface area contributed by atoms with Gasteiger partial charge in [-0.3, -0.25) is 4.79 Å². The van der Waals surface area contributed by atoms with E-state index in [-0.39, 0.29) is 35.7 Å². The van der Waals surface area contributed by atoms with Crippen LogP contribution in [0.5, 0.6) is 0 Å². The second-order valence-corrected chi connectivity index (χ2v) is 6.23. The third kappa shape index (κ3) is 8.69. The summed E-state index contributed by atoms with van der Waals surface area (Å²) in [4.78, 5) is 18.5. The highest BCUT2D eigenvalue weighted by atomic mass is 127. The van der Waals surface area contributed by atoms with Crippen molar-refractivity contribution in [3.63, 3.8) is 0 Å². The molecule has 0 spiro atoms. The van der Waals surface area contributed by atoms with Crippen molar-refractivity contribution in [1.82, 2.24) is 15.5 Å². The molecule has 2 N–H and O–H groups in total. The van der Waals surface area contributed by atoms with E-state index < -0.39 is 0 Å². The van der Waals surface area contributed by atoms with Crippen LogP contribution in [0.1, 0.15) is 24.5 Å². The van der Waals surface area contributed by atoms with Gasteiger partial charge in [-0.2, -0.15) is 0 Å². The fraction of sp³-hybridized carbons (Fsp3) is 0.333. The highest BCUT2D eigenvalue weighted by Crippen LogP contribution is 2.05. The van der Waals surface area contributed by atoms with E-state index in [0.29, 0.717) is 32.0 Å². The maximum atomic E-state index is 13.0. The van der Waals surface area contributed by atoms with Crippen molar-refractivity contribution in [2.24, 2.45) is 4.99 Å². The Labute approximate surface area is 183 Å². The van der Waals surface area contributed by atoms with Crippen LogP contribution in [0.25, 0.3) is 0 Å². The summed E-state index contributed by atoms with van der Waals surface area (Å²) >= 11 is 0. The molecule has 2 aromatic carbocycles.